The van der Waals surface area contributed by atoms with Crippen LogP contribution in [0.3, 0.4) is 0 Å². The van der Waals surface area contributed by atoms with Crippen LogP contribution in [0.5, 0.6) is 0 Å². The van der Waals surface area contributed by atoms with Gasteiger partial charge in [-0.25, -0.2) is 0 Å². The first-order chi connectivity index (χ1) is 11.1. The van der Waals surface area contributed by atoms with Gasteiger partial charge in [-0.05, 0) is 24.6 Å². The SMILES string of the molecule is CC(=O)N(CCNC(=O)c1cccnc1)Cc1cccc(C)c1. The lowest BCUT2D eigenvalue weighted by molar-refractivity contribution is -0.129. The number of carbonyl (C=O) groups excluding carboxylic acids is 2. The normalized spacial score (nSPS) is 10.2. The Morgan fingerprint density at radius 1 is 1.22 bits per heavy atom. The average Bonchev–Trinajstić information content (AvgIpc) is 2.54. The molecular formula is C18H21N3O2. The standard InChI is InChI=1S/C18H21N3O2/c1-14-5-3-6-16(11-14)13-21(15(2)22)10-9-20-18(23)17-7-4-8-19-12-17/h3-8,11-12H,9-10,13H2,1-2H3,(H,20,23). The molecule has 1 heterocycles. The summed E-state index contributed by atoms with van der Waals surface area (Å²) in [6.07, 6.45) is 3.14. The molecule has 5 heteroatoms. The van der Waals surface area contributed by atoms with E-state index in [1.807, 2.05) is 25.1 Å². The average molecular weight is 311 g/mol. The van der Waals surface area contributed by atoms with Gasteiger partial charge >= 0.3 is 0 Å². The molecule has 0 fully saturated rings. The minimum absolute atomic E-state index is 0.0119. The van der Waals surface area contributed by atoms with E-state index in [4.69, 9.17) is 0 Å². The van der Waals surface area contributed by atoms with Gasteiger partial charge in [-0.2, -0.15) is 0 Å². The van der Waals surface area contributed by atoms with E-state index in [-0.39, 0.29) is 11.8 Å². The second kappa shape index (κ2) is 8.08. The lowest BCUT2D eigenvalue weighted by Gasteiger charge is -2.21. The predicted octanol–water partition coefficient (Wildman–Crippen LogP) is 2.17. The molecule has 23 heavy (non-hydrogen) atoms. The molecular weight excluding hydrogens is 290 g/mol. The fourth-order valence-electron chi connectivity index (χ4n) is 2.28. The van der Waals surface area contributed by atoms with Crippen LogP contribution in [0.1, 0.15) is 28.4 Å². The maximum atomic E-state index is 11.9. The molecule has 0 aliphatic carbocycles. The Morgan fingerprint density at radius 2 is 2.04 bits per heavy atom. The minimum Gasteiger partial charge on any atom is -0.350 e. The summed E-state index contributed by atoms with van der Waals surface area (Å²) in [5.41, 5.74) is 2.76. The molecule has 1 aromatic heterocycles. The van der Waals surface area contributed by atoms with Crippen molar-refractivity contribution in [1.29, 1.82) is 0 Å². The molecule has 2 aromatic rings. The number of hydrogen-bond acceptors (Lipinski definition) is 3. The van der Waals surface area contributed by atoms with Crippen molar-refractivity contribution >= 4 is 11.8 Å². The first kappa shape index (κ1) is 16.7. The summed E-state index contributed by atoms with van der Waals surface area (Å²) in [5, 5.41) is 2.81. The summed E-state index contributed by atoms with van der Waals surface area (Å²) in [7, 11) is 0. The zero-order valence-electron chi connectivity index (χ0n) is 13.5. The van der Waals surface area contributed by atoms with Gasteiger partial charge in [-0.15, -0.1) is 0 Å². The summed E-state index contributed by atoms with van der Waals surface area (Å²) >= 11 is 0. The van der Waals surface area contributed by atoms with E-state index in [0.29, 0.717) is 25.2 Å². The number of nitrogens with zero attached hydrogens (tertiary/aromatic N) is 2. The molecule has 0 aliphatic rings. The number of benzene rings is 1. The molecule has 1 aromatic carbocycles. The monoisotopic (exact) mass is 311 g/mol. The molecule has 0 atom stereocenters. The van der Waals surface area contributed by atoms with Gasteiger partial charge in [0.25, 0.3) is 5.91 Å². The zero-order chi connectivity index (χ0) is 16.7. The molecule has 2 rings (SSSR count). The smallest absolute Gasteiger partial charge is 0.252 e. The number of hydrogen-bond donors (Lipinski definition) is 1. The van der Waals surface area contributed by atoms with Crippen LogP contribution in [-0.4, -0.2) is 34.8 Å². The van der Waals surface area contributed by atoms with Crippen LogP contribution in [0.2, 0.25) is 0 Å². The summed E-state index contributed by atoms with van der Waals surface area (Å²) < 4.78 is 0. The molecule has 120 valence electrons. The van der Waals surface area contributed by atoms with Gasteiger partial charge in [-0.3, -0.25) is 14.6 Å². The molecule has 0 bridgehead atoms. The Labute approximate surface area is 136 Å². The molecule has 0 aliphatic heterocycles. The zero-order valence-corrected chi connectivity index (χ0v) is 13.5. The van der Waals surface area contributed by atoms with Crippen molar-refractivity contribution in [3.8, 4) is 0 Å². The van der Waals surface area contributed by atoms with Crippen molar-refractivity contribution in [2.75, 3.05) is 13.1 Å². The van der Waals surface area contributed by atoms with Gasteiger partial charge in [0.15, 0.2) is 0 Å². The van der Waals surface area contributed by atoms with Crippen molar-refractivity contribution in [3.63, 3.8) is 0 Å². The first-order valence-electron chi connectivity index (χ1n) is 7.55. The van der Waals surface area contributed by atoms with E-state index in [9.17, 15) is 9.59 Å². The highest BCUT2D eigenvalue weighted by molar-refractivity contribution is 5.93. The van der Waals surface area contributed by atoms with E-state index in [1.54, 1.807) is 30.2 Å². The number of aromatic nitrogens is 1. The third-order valence-corrected chi connectivity index (χ3v) is 3.49. The Balaban J connectivity index is 1.88. The van der Waals surface area contributed by atoms with Crippen LogP contribution in [-0.2, 0) is 11.3 Å². The van der Waals surface area contributed by atoms with E-state index in [2.05, 4.69) is 16.4 Å². The highest BCUT2D eigenvalue weighted by Gasteiger charge is 2.11. The van der Waals surface area contributed by atoms with E-state index in [0.717, 1.165) is 11.1 Å². The van der Waals surface area contributed by atoms with Gasteiger partial charge in [0.1, 0.15) is 0 Å². The van der Waals surface area contributed by atoms with Crippen LogP contribution < -0.4 is 5.32 Å². The quantitative estimate of drug-likeness (QED) is 0.889. The van der Waals surface area contributed by atoms with Crippen LogP contribution in [0, 0.1) is 6.92 Å². The highest BCUT2D eigenvalue weighted by Crippen LogP contribution is 2.07. The minimum atomic E-state index is -0.183. The molecule has 2 amide bonds. The van der Waals surface area contributed by atoms with E-state index in [1.165, 1.54) is 6.20 Å². The van der Waals surface area contributed by atoms with Crippen molar-refractivity contribution in [2.45, 2.75) is 20.4 Å². The Morgan fingerprint density at radius 3 is 2.70 bits per heavy atom. The fraction of sp³-hybridized carbons (Fsp3) is 0.278. The Kier molecular flexibility index (Phi) is 5.86. The number of amides is 2. The van der Waals surface area contributed by atoms with Crippen molar-refractivity contribution in [1.82, 2.24) is 15.2 Å². The Bertz CT molecular complexity index is 671. The van der Waals surface area contributed by atoms with Crippen LogP contribution >= 0.6 is 0 Å². The topological polar surface area (TPSA) is 62.3 Å². The van der Waals surface area contributed by atoms with Crippen LogP contribution in [0.15, 0.2) is 48.8 Å². The number of pyridine rings is 1. The lowest BCUT2D eigenvalue weighted by Crippen LogP contribution is -2.37. The number of rotatable bonds is 6. The van der Waals surface area contributed by atoms with Gasteiger partial charge in [0, 0.05) is 39.0 Å². The molecule has 0 saturated heterocycles. The second-order valence-corrected chi connectivity index (χ2v) is 5.43. The van der Waals surface area contributed by atoms with Crippen LogP contribution in [0.25, 0.3) is 0 Å². The number of carbonyl (C=O) groups is 2. The molecule has 0 unspecified atom stereocenters. The Hall–Kier alpha value is -2.69. The van der Waals surface area contributed by atoms with Gasteiger partial charge in [-0.1, -0.05) is 29.8 Å². The molecule has 0 spiro atoms. The van der Waals surface area contributed by atoms with Crippen molar-refractivity contribution in [2.24, 2.45) is 0 Å². The number of aryl methyl sites for hydroxylation is 1. The van der Waals surface area contributed by atoms with Gasteiger partial charge in [0.05, 0.1) is 5.56 Å². The largest absolute Gasteiger partial charge is 0.350 e. The van der Waals surface area contributed by atoms with E-state index >= 15 is 0 Å². The molecule has 0 saturated carbocycles. The first-order valence-corrected chi connectivity index (χ1v) is 7.55. The summed E-state index contributed by atoms with van der Waals surface area (Å²) in [5.74, 6) is -0.195. The maximum absolute atomic E-state index is 11.9. The second-order valence-electron chi connectivity index (χ2n) is 5.43. The van der Waals surface area contributed by atoms with E-state index < -0.39 is 0 Å². The predicted molar refractivity (Wildman–Crippen MR) is 88.8 cm³/mol. The number of nitrogens with one attached hydrogen (secondary N) is 1. The van der Waals surface area contributed by atoms with Gasteiger partial charge in [0.2, 0.25) is 5.91 Å². The van der Waals surface area contributed by atoms with Crippen molar-refractivity contribution < 1.29 is 9.59 Å². The summed E-state index contributed by atoms with van der Waals surface area (Å²) in [4.78, 5) is 29.4. The molecule has 5 nitrogen and oxygen atoms in total. The highest BCUT2D eigenvalue weighted by atomic mass is 16.2. The summed E-state index contributed by atoms with van der Waals surface area (Å²) in [6, 6.07) is 11.5. The van der Waals surface area contributed by atoms with Crippen molar-refractivity contribution in [3.05, 3.63) is 65.5 Å². The third-order valence-electron chi connectivity index (χ3n) is 3.49. The maximum Gasteiger partial charge on any atom is 0.252 e. The fourth-order valence-corrected chi connectivity index (χ4v) is 2.28. The molecule has 1 N–H and O–H groups in total. The van der Waals surface area contributed by atoms with Gasteiger partial charge < -0.3 is 10.2 Å². The molecule has 0 radical (unpaired) electrons. The van der Waals surface area contributed by atoms with Crippen LogP contribution in [0.4, 0.5) is 0 Å². The third kappa shape index (κ3) is 5.21. The lowest BCUT2D eigenvalue weighted by atomic mass is 10.1. The summed E-state index contributed by atoms with van der Waals surface area (Å²) in [6.45, 7) is 4.97.